The molecular weight excluding hydrogens is 284 g/mol. The number of aldehydes is 1. The molecule has 17 heavy (non-hydrogen) atoms. The monoisotopic (exact) mass is 292 g/mol. The summed E-state index contributed by atoms with van der Waals surface area (Å²) in [6, 6.07) is 5.79. The summed E-state index contributed by atoms with van der Waals surface area (Å²) >= 11 is 3.43. The van der Waals surface area contributed by atoms with E-state index in [-0.39, 0.29) is 0 Å². The zero-order valence-electron chi connectivity index (χ0n) is 8.89. The number of imidazole rings is 1. The summed E-state index contributed by atoms with van der Waals surface area (Å²) in [7, 11) is 0. The lowest BCUT2D eigenvalue weighted by Gasteiger charge is -2.05. The van der Waals surface area contributed by atoms with Crippen LogP contribution in [0.4, 0.5) is 0 Å². The van der Waals surface area contributed by atoms with E-state index < -0.39 is 0 Å². The second kappa shape index (κ2) is 4.00. The molecule has 2 aromatic rings. The quantitative estimate of drug-likeness (QED) is 0.759. The molecule has 0 saturated carbocycles. The highest BCUT2D eigenvalue weighted by Crippen LogP contribution is 2.33. The third-order valence-corrected chi connectivity index (χ3v) is 3.18. The zero-order chi connectivity index (χ0) is 11.8. The summed E-state index contributed by atoms with van der Waals surface area (Å²) in [4.78, 5) is 15.1. The number of hydrogen-bond acceptors (Lipinski definition) is 3. The minimum atomic E-state index is 0.452. The molecule has 0 amide bonds. The van der Waals surface area contributed by atoms with Gasteiger partial charge in [0.25, 0.3) is 0 Å². The molecule has 1 aliphatic heterocycles. The van der Waals surface area contributed by atoms with Crippen molar-refractivity contribution in [2.24, 2.45) is 0 Å². The van der Waals surface area contributed by atoms with Crippen LogP contribution in [0, 0.1) is 0 Å². The van der Waals surface area contributed by atoms with Crippen LogP contribution in [0.3, 0.4) is 0 Å². The SMILES string of the molecule is O=Cc1cn2c(n1)-c1cc(Br)ccc1OCC2. The van der Waals surface area contributed by atoms with Crippen LogP contribution in [0.15, 0.2) is 28.9 Å². The van der Waals surface area contributed by atoms with Gasteiger partial charge in [0.05, 0.1) is 12.1 Å². The summed E-state index contributed by atoms with van der Waals surface area (Å²) < 4.78 is 8.56. The van der Waals surface area contributed by atoms with Crippen molar-refractivity contribution >= 4 is 22.2 Å². The smallest absolute Gasteiger partial charge is 0.170 e. The number of carbonyl (C=O) groups is 1. The number of rotatable bonds is 1. The Bertz CT molecular complexity index is 592. The Kier molecular flexibility index (Phi) is 2.48. The highest BCUT2D eigenvalue weighted by molar-refractivity contribution is 9.10. The van der Waals surface area contributed by atoms with Crippen LogP contribution in [0.2, 0.25) is 0 Å². The number of ether oxygens (including phenoxy) is 1. The molecule has 1 aliphatic rings. The summed E-state index contributed by atoms with van der Waals surface area (Å²) in [5.74, 6) is 1.58. The van der Waals surface area contributed by atoms with Gasteiger partial charge in [-0.1, -0.05) is 15.9 Å². The maximum Gasteiger partial charge on any atom is 0.170 e. The summed E-state index contributed by atoms with van der Waals surface area (Å²) in [5, 5.41) is 0. The maximum atomic E-state index is 10.8. The number of benzene rings is 1. The van der Waals surface area contributed by atoms with E-state index in [1.54, 1.807) is 6.20 Å². The average molecular weight is 293 g/mol. The van der Waals surface area contributed by atoms with Crippen LogP contribution in [-0.4, -0.2) is 22.4 Å². The van der Waals surface area contributed by atoms with Crippen molar-refractivity contribution in [3.63, 3.8) is 0 Å². The van der Waals surface area contributed by atoms with Crippen molar-refractivity contribution in [3.05, 3.63) is 34.6 Å². The second-order valence-corrected chi connectivity index (χ2v) is 4.71. The highest BCUT2D eigenvalue weighted by atomic mass is 79.9. The molecule has 0 fully saturated rings. The third-order valence-electron chi connectivity index (χ3n) is 2.69. The molecule has 0 N–H and O–H groups in total. The molecule has 1 aromatic heterocycles. The van der Waals surface area contributed by atoms with Gasteiger partial charge < -0.3 is 9.30 Å². The lowest BCUT2D eigenvalue weighted by molar-refractivity contribution is 0.111. The Hall–Kier alpha value is -1.62. The Labute approximate surface area is 106 Å². The van der Waals surface area contributed by atoms with E-state index in [2.05, 4.69) is 20.9 Å². The number of halogens is 1. The van der Waals surface area contributed by atoms with Crippen LogP contribution in [-0.2, 0) is 6.54 Å². The Morgan fingerprint density at radius 1 is 1.47 bits per heavy atom. The molecule has 86 valence electrons. The van der Waals surface area contributed by atoms with Crippen molar-refractivity contribution in [2.75, 3.05) is 6.61 Å². The molecule has 0 atom stereocenters. The summed E-state index contributed by atoms with van der Waals surface area (Å²) in [6.45, 7) is 1.28. The molecule has 1 aromatic carbocycles. The first-order chi connectivity index (χ1) is 8.28. The normalized spacial score (nSPS) is 13.2. The highest BCUT2D eigenvalue weighted by Gasteiger charge is 2.18. The zero-order valence-corrected chi connectivity index (χ0v) is 10.5. The third kappa shape index (κ3) is 1.76. The topological polar surface area (TPSA) is 44.1 Å². The molecule has 5 heteroatoms. The fourth-order valence-electron chi connectivity index (χ4n) is 1.94. The summed E-state index contributed by atoms with van der Waals surface area (Å²) in [5.41, 5.74) is 1.36. The van der Waals surface area contributed by atoms with Crippen molar-refractivity contribution in [1.82, 2.24) is 9.55 Å². The van der Waals surface area contributed by atoms with Crippen LogP contribution < -0.4 is 4.74 Å². The molecule has 3 rings (SSSR count). The predicted octanol–water partition coefficient (Wildman–Crippen LogP) is 2.52. The largest absolute Gasteiger partial charge is 0.491 e. The van der Waals surface area contributed by atoms with Gasteiger partial charge in [0.15, 0.2) is 6.29 Å². The lowest BCUT2D eigenvalue weighted by atomic mass is 10.2. The van der Waals surface area contributed by atoms with E-state index in [4.69, 9.17) is 4.74 Å². The Morgan fingerprint density at radius 3 is 3.18 bits per heavy atom. The van der Waals surface area contributed by atoms with Gasteiger partial charge in [0.2, 0.25) is 0 Å². The number of carbonyl (C=O) groups excluding carboxylic acids is 1. The van der Waals surface area contributed by atoms with Gasteiger partial charge in [-0.2, -0.15) is 0 Å². The first kappa shape index (κ1) is 10.5. The number of aromatic nitrogens is 2. The Balaban J connectivity index is 2.24. The van der Waals surface area contributed by atoms with Crippen molar-refractivity contribution in [3.8, 4) is 17.1 Å². The summed E-state index contributed by atoms with van der Waals surface area (Å²) in [6.07, 6.45) is 2.52. The predicted molar refractivity (Wildman–Crippen MR) is 66.2 cm³/mol. The fraction of sp³-hybridized carbons (Fsp3) is 0.167. The number of fused-ring (bicyclic) bond motifs is 3. The van der Waals surface area contributed by atoms with Gasteiger partial charge in [0, 0.05) is 10.7 Å². The molecule has 0 spiro atoms. The van der Waals surface area contributed by atoms with Crippen LogP contribution in [0.5, 0.6) is 5.75 Å². The molecule has 0 aliphatic carbocycles. The van der Waals surface area contributed by atoms with E-state index in [1.807, 2.05) is 22.8 Å². The van der Waals surface area contributed by atoms with Crippen LogP contribution in [0.1, 0.15) is 10.5 Å². The molecule has 2 heterocycles. The van der Waals surface area contributed by atoms with Crippen molar-refractivity contribution < 1.29 is 9.53 Å². The lowest BCUT2D eigenvalue weighted by Crippen LogP contribution is -2.04. The van der Waals surface area contributed by atoms with Gasteiger partial charge in [0.1, 0.15) is 23.9 Å². The van der Waals surface area contributed by atoms with Gasteiger partial charge in [-0.25, -0.2) is 4.98 Å². The number of hydrogen-bond donors (Lipinski definition) is 0. The van der Waals surface area contributed by atoms with Crippen molar-refractivity contribution in [2.45, 2.75) is 6.54 Å². The first-order valence-corrected chi connectivity index (χ1v) is 6.02. The van der Waals surface area contributed by atoms with E-state index in [9.17, 15) is 4.79 Å². The molecule has 4 nitrogen and oxygen atoms in total. The number of nitrogens with zero attached hydrogens (tertiary/aromatic N) is 2. The minimum Gasteiger partial charge on any atom is -0.491 e. The fourth-order valence-corrected chi connectivity index (χ4v) is 2.30. The maximum absolute atomic E-state index is 10.8. The molecule has 0 bridgehead atoms. The standard InChI is InChI=1S/C12H9BrN2O2/c13-8-1-2-11-10(5-8)12-14-9(7-16)6-15(12)3-4-17-11/h1-2,5-7H,3-4H2. The van der Waals surface area contributed by atoms with E-state index >= 15 is 0 Å². The van der Waals surface area contributed by atoms with Crippen LogP contribution in [0.25, 0.3) is 11.4 Å². The van der Waals surface area contributed by atoms with Crippen molar-refractivity contribution in [1.29, 1.82) is 0 Å². The van der Waals surface area contributed by atoms with Gasteiger partial charge in [-0.05, 0) is 18.2 Å². The molecular formula is C12H9BrN2O2. The second-order valence-electron chi connectivity index (χ2n) is 3.79. The molecule has 0 unspecified atom stereocenters. The van der Waals surface area contributed by atoms with Gasteiger partial charge in [-0.15, -0.1) is 0 Å². The van der Waals surface area contributed by atoms with Gasteiger partial charge >= 0.3 is 0 Å². The molecule has 0 saturated heterocycles. The Morgan fingerprint density at radius 2 is 2.35 bits per heavy atom. The van der Waals surface area contributed by atoms with Gasteiger partial charge in [-0.3, -0.25) is 4.79 Å². The molecule has 0 radical (unpaired) electrons. The van der Waals surface area contributed by atoms with E-state index in [0.717, 1.165) is 27.9 Å². The average Bonchev–Trinajstić information content (AvgIpc) is 2.67. The first-order valence-electron chi connectivity index (χ1n) is 5.23. The van der Waals surface area contributed by atoms with E-state index in [0.29, 0.717) is 18.8 Å². The minimum absolute atomic E-state index is 0.452. The van der Waals surface area contributed by atoms with Crippen LogP contribution >= 0.6 is 15.9 Å². The van der Waals surface area contributed by atoms with E-state index in [1.165, 1.54) is 0 Å².